The first-order chi connectivity index (χ1) is 13.5. The van der Waals surface area contributed by atoms with Crippen LogP contribution in [-0.2, 0) is 32.7 Å². The number of amides is 1. The van der Waals surface area contributed by atoms with Crippen molar-refractivity contribution in [1.82, 2.24) is 9.62 Å². The molecular weight excluding hydrogens is 400 g/mol. The van der Waals surface area contributed by atoms with Gasteiger partial charge in [0.25, 0.3) is 0 Å². The van der Waals surface area contributed by atoms with Gasteiger partial charge < -0.3 is 10.1 Å². The average molecular weight is 423 g/mol. The molecule has 1 fully saturated rings. The molecule has 0 spiro atoms. The van der Waals surface area contributed by atoms with Crippen molar-refractivity contribution in [2.45, 2.75) is 30.9 Å². The van der Waals surface area contributed by atoms with E-state index in [1.807, 2.05) is 18.2 Å². The molecule has 0 aliphatic carbocycles. The molecule has 1 amide bonds. The van der Waals surface area contributed by atoms with Crippen molar-refractivity contribution in [1.29, 1.82) is 0 Å². The zero-order valence-electron chi connectivity index (χ0n) is 15.4. The fraction of sp³-hybridized carbons (Fsp3) is 0.350. The Labute approximate surface area is 170 Å². The minimum Gasteiger partial charge on any atom is -0.367 e. The molecule has 0 bridgehead atoms. The number of sulfonamides is 1. The van der Waals surface area contributed by atoms with Crippen molar-refractivity contribution in [2.24, 2.45) is 0 Å². The van der Waals surface area contributed by atoms with Crippen molar-refractivity contribution in [3.8, 4) is 0 Å². The lowest BCUT2D eigenvalue weighted by molar-refractivity contribution is -0.126. The lowest BCUT2D eigenvalue weighted by Gasteiger charge is -2.15. The molecule has 2 aromatic carbocycles. The predicted molar refractivity (Wildman–Crippen MR) is 107 cm³/mol. The van der Waals surface area contributed by atoms with Crippen molar-refractivity contribution in [2.75, 3.05) is 19.7 Å². The number of halogens is 1. The Kier molecular flexibility index (Phi) is 7.07. The summed E-state index contributed by atoms with van der Waals surface area (Å²) in [6.07, 6.45) is 1.81. The van der Waals surface area contributed by atoms with E-state index in [-0.39, 0.29) is 24.0 Å². The maximum absolute atomic E-state index is 12.5. The normalized spacial score (nSPS) is 14.9. The second-order valence-corrected chi connectivity index (χ2v) is 8.96. The van der Waals surface area contributed by atoms with Crippen molar-refractivity contribution < 1.29 is 17.9 Å². The van der Waals surface area contributed by atoms with Crippen LogP contribution in [0.25, 0.3) is 0 Å². The summed E-state index contributed by atoms with van der Waals surface area (Å²) in [5, 5.41) is 3.36. The summed E-state index contributed by atoms with van der Waals surface area (Å²) >= 11 is 6.04. The van der Waals surface area contributed by atoms with Crippen LogP contribution in [0.5, 0.6) is 0 Å². The zero-order chi connectivity index (χ0) is 20.0. The van der Waals surface area contributed by atoms with Gasteiger partial charge in [0.15, 0.2) is 0 Å². The smallest absolute Gasteiger partial charge is 0.246 e. The van der Waals surface area contributed by atoms with E-state index in [4.69, 9.17) is 16.3 Å². The SMILES string of the molecule is O=C(COCc1ccccc1Cl)NCc1ccc(S(=O)(=O)N2CCCC2)cc1. The molecule has 1 aliphatic rings. The van der Waals surface area contributed by atoms with E-state index in [1.54, 1.807) is 30.3 Å². The van der Waals surface area contributed by atoms with Gasteiger partial charge in [-0.3, -0.25) is 4.79 Å². The van der Waals surface area contributed by atoms with Crippen molar-refractivity contribution in [3.05, 3.63) is 64.7 Å². The van der Waals surface area contributed by atoms with Crippen LogP contribution in [0.4, 0.5) is 0 Å². The summed E-state index contributed by atoms with van der Waals surface area (Å²) in [6, 6.07) is 13.9. The van der Waals surface area contributed by atoms with E-state index in [9.17, 15) is 13.2 Å². The Morgan fingerprint density at radius 3 is 2.43 bits per heavy atom. The summed E-state index contributed by atoms with van der Waals surface area (Å²) < 4.78 is 31.9. The van der Waals surface area contributed by atoms with Gasteiger partial charge >= 0.3 is 0 Å². The minimum absolute atomic E-state index is 0.0767. The number of ether oxygens (including phenoxy) is 1. The monoisotopic (exact) mass is 422 g/mol. The first-order valence-corrected chi connectivity index (χ1v) is 11.0. The zero-order valence-corrected chi connectivity index (χ0v) is 17.0. The molecule has 0 atom stereocenters. The summed E-state index contributed by atoms with van der Waals surface area (Å²) in [4.78, 5) is 12.2. The third-order valence-corrected chi connectivity index (χ3v) is 6.85. The van der Waals surface area contributed by atoms with Gasteiger partial charge in [-0.2, -0.15) is 4.31 Å². The molecule has 1 aliphatic heterocycles. The van der Waals surface area contributed by atoms with E-state index >= 15 is 0 Å². The number of hydrogen-bond donors (Lipinski definition) is 1. The highest BCUT2D eigenvalue weighted by Crippen LogP contribution is 2.21. The molecule has 1 heterocycles. The Hall–Kier alpha value is -1.93. The Morgan fingerprint density at radius 2 is 1.75 bits per heavy atom. The maximum atomic E-state index is 12.5. The van der Waals surface area contributed by atoms with Crippen LogP contribution >= 0.6 is 11.6 Å². The van der Waals surface area contributed by atoms with Crippen LogP contribution in [0, 0.1) is 0 Å². The molecule has 8 heteroatoms. The number of nitrogens with one attached hydrogen (secondary N) is 1. The van der Waals surface area contributed by atoms with Gasteiger partial charge in [0.2, 0.25) is 15.9 Å². The molecule has 0 aromatic heterocycles. The van der Waals surface area contributed by atoms with Gasteiger partial charge in [-0.05, 0) is 42.2 Å². The molecule has 1 saturated heterocycles. The molecule has 0 unspecified atom stereocenters. The molecule has 0 saturated carbocycles. The molecule has 3 rings (SSSR count). The summed E-state index contributed by atoms with van der Waals surface area (Å²) in [5.74, 6) is -0.249. The third-order valence-electron chi connectivity index (χ3n) is 4.56. The highest BCUT2D eigenvalue weighted by atomic mass is 35.5. The molecule has 2 aromatic rings. The molecule has 150 valence electrons. The minimum atomic E-state index is -3.41. The number of carbonyl (C=O) groups excluding carboxylic acids is 1. The number of carbonyl (C=O) groups is 1. The predicted octanol–water partition coefficient (Wildman–Crippen LogP) is 2.96. The van der Waals surface area contributed by atoms with Gasteiger partial charge in [-0.1, -0.05) is 41.9 Å². The topological polar surface area (TPSA) is 75.7 Å². The number of rotatable bonds is 8. The molecule has 28 heavy (non-hydrogen) atoms. The molecular formula is C20H23ClN2O4S. The summed E-state index contributed by atoms with van der Waals surface area (Å²) in [6.45, 7) is 1.64. The Morgan fingerprint density at radius 1 is 1.07 bits per heavy atom. The Bertz CT molecular complexity index is 910. The van der Waals surface area contributed by atoms with E-state index in [1.165, 1.54) is 4.31 Å². The van der Waals surface area contributed by atoms with Crippen LogP contribution in [0.1, 0.15) is 24.0 Å². The first kappa shape index (κ1) is 20.8. The fourth-order valence-electron chi connectivity index (χ4n) is 2.98. The third kappa shape index (κ3) is 5.32. The van der Waals surface area contributed by atoms with Gasteiger partial charge in [-0.15, -0.1) is 0 Å². The second kappa shape index (κ2) is 9.52. The van der Waals surface area contributed by atoms with E-state index < -0.39 is 10.0 Å². The fourth-order valence-corrected chi connectivity index (χ4v) is 4.69. The van der Waals surface area contributed by atoms with Crippen LogP contribution in [0.2, 0.25) is 5.02 Å². The second-order valence-electron chi connectivity index (χ2n) is 6.62. The van der Waals surface area contributed by atoms with Crippen LogP contribution in [-0.4, -0.2) is 38.3 Å². The quantitative estimate of drug-likeness (QED) is 0.709. The lowest BCUT2D eigenvalue weighted by atomic mass is 10.2. The maximum Gasteiger partial charge on any atom is 0.246 e. The van der Waals surface area contributed by atoms with E-state index in [0.29, 0.717) is 24.7 Å². The Balaban J connectivity index is 1.45. The molecule has 0 radical (unpaired) electrons. The van der Waals surface area contributed by atoms with E-state index in [0.717, 1.165) is 24.0 Å². The van der Waals surface area contributed by atoms with Crippen molar-refractivity contribution in [3.63, 3.8) is 0 Å². The lowest BCUT2D eigenvalue weighted by Crippen LogP contribution is -2.28. The molecule has 6 nitrogen and oxygen atoms in total. The average Bonchev–Trinajstić information content (AvgIpc) is 3.24. The van der Waals surface area contributed by atoms with Gasteiger partial charge in [-0.25, -0.2) is 8.42 Å². The highest BCUT2D eigenvalue weighted by Gasteiger charge is 2.26. The molecule has 1 N–H and O–H groups in total. The van der Waals surface area contributed by atoms with Crippen molar-refractivity contribution >= 4 is 27.5 Å². The van der Waals surface area contributed by atoms with Gasteiger partial charge in [0, 0.05) is 24.7 Å². The first-order valence-electron chi connectivity index (χ1n) is 9.14. The van der Waals surface area contributed by atoms with Crippen LogP contribution in [0.3, 0.4) is 0 Å². The standard InChI is InChI=1S/C20H23ClN2O4S/c21-19-6-2-1-5-17(19)14-27-15-20(24)22-13-16-7-9-18(10-8-16)28(25,26)23-11-3-4-12-23/h1-2,5-10H,3-4,11-15H2,(H,22,24). The van der Waals surface area contributed by atoms with Gasteiger partial charge in [0.1, 0.15) is 6.61 Å². The number of hydrogen-bond acceptors (Lipinski definition) is 4. The van der Waals surface area contributed by atoms with Crippen LogP contribution < -0.4 is 5.32 Å². The summed E-state index contributed by atoms with van der Waals surface area (Å²) in [5.41, 5.74) is 1.64. The largest absolute Gasteiger partial charge is 0.367 e. The number of nitrogens with zero attached hydrogens (tertiary/aromatic N) is 1. The number of benzene rings is 2. The van der Waals surface area contributed by atoms with E-state index in [2.05, 4.69) is 5.32 Å². The highest BCUT2D eigenvalue weighted by molar-refractivity contribution is 7.89. The van der Waals surface area contributed by atoms with Crippen LogP contribution in [0.15, 0.2) is 53.4 Å². The van der Waals surface area contributed by atoms with Gasteiger partial charge in [0.05, 0.1) is 11.5 Å². The summed E-state index contributed by atoms with van der Waals surface area (Å²) in [7, 11) is -3.41.